The molecule has 0 saturated heterocycles. The third-order valence-electron chi connectivity index (χ3n) is 4.69. The summed E-state index contributed by atoms with van der Waals surface area (Å²) in [7, 11) is 0. The number of benzene rings is 1. The standard InChI is InChI=1S/C13H12Br2/c14-12-8-5-9(13(12)15)11-7-4-2-1-3-6(7)10(8)11/h1-4,8-13H,5H2/t8-,9+,10+,11-,12-,13-/m1/s1. The molecule has 0 radical (unpaired) electrons. The van der Waals surface area contributed by atoms with Crippen LogP contribution in [0.2, 0.25) is 0 Å². The average molecular weight is 328 g/mol. The molecule has 0 N–H and O–H groups in total. The summed E-state index contributed by atoms with van der Waals surface area (Å²) in [5.74, 6) is 3.48. The van der Waals surface area contributed by atoms with Crippen LogP contribution in [0.1, 0.15) is 29.4 Å². The van der Waals surface area contributed by atoms with Crippen LogP contribution >= 0.6 is 31.9 Å². The summed E-state index contributed by atoms with van der Waals surface area (Å²) in [6.45, 7) is 0. The van der Waals surface area contributed by atoms with Gasteiger partial charge in [-0.05, 0) is 41.2 Å². The molecule has 0 unspecified atom stereocenters. The maximum Gasteiger partial charge on any atom is 0.0308 e. The third kappa shape index (κ3) is 0.945. The molecule has 0 aromatic heterocycles. The number of halogens is 2. The van der Waals surface area contributed by atoms with Gasteiger partial charge in [-0.15, -0.1) is 0 Å². The molecular formula is C13H12Br2. The Hall–Kier alpha value is 0.180. The highest BCUT2D eigenvalue weighted by atomic mass is 79.9. The second kappa shape index (κ2) is 2.89. The van der Waals surface area contributed by atoms with Crippen molar-refractivity contribution >= 4 is 31.9 Å². The van der Waals surface area contributed by atoms with Crippen molar-refractivity contribution in [2.75, 3.05) is 0 Å². The number of hydrogen-bond donors (Lipinski definition) is 0. The Balaban J connectivity index is 1.84. The van der Waals surface area contributed by atoms with Crippen LogP contribution in [0, 0.1) is 11.8 Å². The molecule has 0 heterocycles. The van der Waals surface area contributed by atoms with Crippen LogP contribution in [0.15, 0.2) is 24.3 Å². The van der Waals surface area contributed by atoms with E-state index >= 15 is 0 Å². The Kier molecular flexibility index (Phi) is 1.78. The van der Waals surface area contributed by atoms with Gasteiger partial charge in [-0.1, -0.05) is 56.1 Å². The molecule has 3 aliphatic carbocycles. The Bertz CT molecular complexity index is 389. The van der Waals surface area contributed by atoms with Crippen LogP contribution in [-0.2, 0) is 0 Å². The Morgan fingerprint density at radius 3 is 1.80 bits per heavy atom. The highest BCUT2D eigenvalue weighted by molar-refractivity contribution is 9.12. The van der Waals surface area contributed by atoms with Gasteiger partial charge in [0.15, 0.2) is 0 Å². The first-order valence-corrected chi connectivity index (χ1v) is 7.49. The van der Waals surface area contributed by atoms with Crippen molar-refractivity contribution in [2.24, 2.45) is 11.8 Å². The fourth-order valence-electron chi connectivity index (χ4n) is 4.14. The van der Waals surface area contributed by atoms with Crippen molar-refractivity contribution < 1.29 is 0 Å². The minimum absolute atomic E-state index is 0.692. The van der Waals surface area contributed by atoms with Gasteiger partial charge in [-0.2, -0.15) is 0 Å². The van der Waals surface area contributed by atoms with Crippen LogP contribution in [0.5, 0.6) is 0 Å². The number of fused-ring (bicyclic) bond motifs is 8. The number of alkyl halides is 2. The van der Waals surface area contributed by atoms with E-state index in [0.29, 0.717) is 9.65 Å². The summed E-state index contributed by atoms with van der Waals surface area (Å²) < 4.78 is 0. The highest BCUT2D eigenvalue weighted by Crippen LogP contribution is 2.69. The summed E-state index contributed by atoms with van der Waals surface area (Å²) >= 11 is 7.73. The van der Waals surface area contributed by atoms with Gasteiger partial charge in [0.1, 0.15) is 0 Å². The molecule has 0 nitrogen and oxygen atoms in total. The lowest BCUT2D eigenvalue weighted by Crippen LogP contribution is -2.39. The largest absolute Gasteiger partial charge is 0.0875 e. The van der Waals surface area contributed by atoms with Gasteiger partial charge in [-0.25, -0.2) is 0 Å². The van der Waals surface area contributed by atoms with E-state index in [2.05, 4.69) is 56.1 Å². The first kappa shape index (κ1) is 9.23. The summed E-state index contributed by atoms with van der Waals surface area (Å²) in [6.07, 6.45) is 1.41. The molecule has 6 atom stereocenters. The molecule has 78 valence electrons. The summed E-state index contributed by atoms with van der Waals surface area (Å²) in [5.41, 5.74) is 3.28. The molecule has 2 saturated carbocycles. The lowest BCUT2D eigenvalue weighted by molar-refractivity contribution is 0.343. The quantitative estimate of drug-likeness (QED) is 0.631. The topological polar surface area (TPSA) is 0 Å². The predicted molar refractivity (Wildman–Crippen MR) is 69.0 cm³/mol. The van der Waals surface area contributed by atoms with E-state index in [1.807, 2.05) is 0 Å². The zero-order valence-corrected chi connectivity index (χ0v) is 11.4. The van der Waals surface area contributed by atoms with E-state index in [1.54, 1.807) is 11.1 Å². The van der Waals surface area contributed by atoms with Crippen LogP contribution in [0.4, 0.5) is 0 Å². The van der Waals surface area contributed by atoms with Gasteiger partial charge in [0, 0.05) is 9.65 Å². The van der Waals surface area contributed by atoms with Crippen LogP contribution < -0.4 is 0 Å². The van der Waals surface area contributed by atoms with Crippen LogP contribution in [0.3, 0.4) is 0 Å². The van der Waals surface area contributed by atoms with E-state index < -0.39 is 0 Å². The Morgan fingerprint density at radius 2 is 1.33 bits per heavy atom. The van der Waals surface area contributed by atoms with Gasteiger partial charge < -0.3 is 0 Å². The van der Waals surface area contributed by atoms with Crippen molar-refractivity contribution in [3.63, 3.8) is 0 Å². The van der Waals surface area contributed by atoms with E-state index in [0.717, 1.165) is 23.7 Å². The van der Waals surface area contributed by atoms with E-state index in [-0.39, 0.29) is 0 Å². The molecule has 0 aliphatic heterocycles. The van der Waals surface area contributed by atoms with Gasteiger partial charge in [-0.3, -0.25) is 0 Å². The van der Waals surface area contributed by atoms with E-state index in [9.17, 15) is 0 Å². The average Bonchev–Trinajstić information content (AvgIpc) is 2.70. The molecule has 1 aromatic carbocycles. The first-order chi connectivity index (χ1) is 7.29. The SMILES string of the molecule is Br[C@H]1[C@H](Br)[C@@H]2C[C@H]1[C@H]1c3ccccc3[C@@H]21. The monoisotopic (exact) mass is 326 g/mol. The minimum atomic E-state index is 0.692. The highest BCUT2D eigenvalue weighted by Gasteiger charge is 2.61. The maximum absolute atomic E-state index is 3.87. The normalized spacial score (nSPS) is 49.7. The second-order valence-corrected chi connectivity index (χ2v) is 7.25. The van der Waals surface area contributed by atoms with Crippen molar-refractivity contribution in [3.8, 4) is 0 Å². The molecule has 0 spiro atoms. The van der Waals surface area contributed by atoms with Gasteiger partial charge in [0.2, 0.25) is 0 Å². The zero-order valence-electron chi connectivity index (χ0n) is 8.24. The molecule has 0 amide bonds. The molecule has 4 rings (SSSR count). The lowest BCUT2D eigenvalue weighted by atomic mass is 9.61. The Morgan fingerprint density at radius 1 is 0.867 bits per heavy atom. The van der Waals surface area contributed by atoms with E-state index in [4.69, 9.17) is 0 Å². The predicted octanol–water partition coefficient (Wildman–Crippen LogP) is 4.04. The minimum Gasteiger partial charge on any atom is -0.0875 e. The van der Waals surface area contributed by atoms with Gasteiger partial charge >= 0.3 is 0 Å². The lowest BCUT2D eigenvalue weighted by Gasteiger charge is -2.46. The van der Waals surface area contributed by atoms with Gasteiger partial charge in [0.05, 0.1) is 0 Å². The van der Waals surface area contributed by atoms with Crippen LogP contribution in [-0.4, -0.2) is 9.65 Å². The van der Waals surface area contributed by atoms with Crippen molar-refractivity contribution in [1.82, 2.24) is 0 Å². The summed E-state index contributed by atoms with van der Waals surface area (Å²) in [5, 5.41) is 0. The number of hydrogen-bond acceptors (Lipinski definition) is 0. The molecule has 3 aliphatic rings. The molecule has 1 aromatic rings. The van der Waals surface area contributed by atoms with E-state index in [1.165, 1.54) is 6.42 Å². The first-order valence-electron chi connectivity index (χ1n) is 5.66. The molecule has 2 heteroatoms. The molecule has 15 heavy (non-hydrogen) atoms. The fraction of sp³-hybridized carbons (Fsp3) is 0.538. The summed E-state index contributed by atoms with van der Waals surface area (Å²) in [4.78, 5) is 1.38. The molecule has 2 bridgehead atoms. The molecule has 2 fully saturated rings. The third-order valence-corrected chi connectivity index (χ3v) is 7.90. The smallest absolute Gasteiger partial charge is 0.0308 e. The fourth-order valence-corrected chi connectivity index (χ4v) is 6.01. The maximum atomic E-state index is 3.87. The summed E-state index contributed by atoms with van der Waals surface area (Å²) in [6, 6.07) is 9.05. The van der Waals surface area contributed by atoms with Crippen molar-refractivity contribution in [1.29, 1.82) is 0 Å². The second-order valence-electron chi connectivity index (χ2n) is 5.13. The van der Waals surface area contributed by atoms with Crippen LogP contribution in [0.25, 0.3) is 0 Å². The van der Waals surface area contributed by atoms with Crippen molar-refractivity contribution in [3.05, 3.63) is 35.4 Å². The number of rotatable bonds is 0. The Labute approximate surface area is 107 Å². The molecular weight excluding hydrogens is 316 g/mol. The van der Waals surface area contributed by atoms with Gasteiger partial charge in [0.25, 0.3) is 0 Å². The zero-order chi connectivity index (χ0) is 10.2. The van der Waals surface area contributed by atoms with Crippen molar-refractivity contribution in [2.45, 2.75) is 27.9 Å².